The summed E-state index contributed by atoms with van der Waals surface area (Å²) in [5.74, 6) is -6.72. The van der Waals surface area contributed by atoms with Gasteiger partial charge < -0.3 is 78.7 Å². The number of hydrogen-bond acceptors (Lipinski definition) is 16. The summed E-state index contributed by atoms with van der Waals surface area (Å²) >= 11 is 0. The van der Waals surface area contributed by atoms with Crippen LogP contribution in [0, 0.1) is 23.7 Å². The average molecular weight is 957 g/mol. The van der Waals surface area contributed by atoms with Crippen molar-refractivity contribution in [3.8, 4) is 69.0 Å². The highest BCUT2D eigenvalue weighted by Gasteiger charge is 2.32. The fraction of sp³-hybridized carbons (Fsp3) is 0.417. The second-order valence-corrected chi connectivity index (χ2v) is 15.5. The van der Waals surface area contributed by atoms with E-state index >= 15 is 0 Å². The van der Waals surface area contributed by atoms with Gasteiger partial charge in [0.1, 0.15) is 0 Å². The van der Waals surface area contributed by atoms with Crippen LogP contribution in [-0.4, -0.2) is 122 Å². The molecule has 0 spiro atoms. The Kier molecular flexibility index (Phi) is 20.8. The summed E-state index contributed by atoms with van der Waals surface area (Å²) in [5, 5.41) is 79.6. The van der Waals surface area contributed by atoms with Crippen LogP contribution < -0.4 is 37.9 Å². The monoisotopic (exact) mass is 956 g/mol. The van der Waals surface area contributed by atoms with Gasteiger partial charge in [-0.25, -0.2) is 0 Å². The van der Waals surface area contributed by atoms with Gasteiger partial charge in [-0.1, -0.05) is 0 Å². The number of ether oxygens (including phenoxy) is 8. The maximum Gasteiger partial charge on any atom is 0.307 e. The smallest absolute Gasteiger partial charge is 0.307 e. The van der Waals surface area contributed by atoms with Crippen LogP contribution in [0.1, 0.15) is 47.9 Å². The molecule has 0 aliphatic heterocycles. The van der Waals surface area contributed by atoms with Crippen molar-refractivity contribution in [2.75, 3.05) is 56.9 Å². The van der Waals surface area contributed by atoms with Crippen molar-refractivity contribution in [3.05, 3.63) is 70.8 Å². The van der Waals surface area contributed by atoms with Crippen LogP contribution in [0.4, 0.5) is 0 Å². The molecule has 0 fully saturated rings. The molecule has 4 aromatic carbocycles. The third-order valence-electron chi connectivity index (χ3n) is 11.2. The summed E-state index contributed by atoms with van der Waals surface area (Å²) in [6.45, 7) is 0. The largest absolute Gasteiger partial charge is 0.504 e. The predicted molar refractivity (Wildman–Crippen MR) is 243 cm³/mol. The molecule has 0 saturated heterocycles. The van der Waals surface area contributed by atoms with Crippen LogP contribution in [0.15, 0.2) is 48.5 Å². The van der Waals surface area contributed by atoms with Gasteiger partial charge in [-0.05, 0) is 121 Å². The van der Waals surface area contributed by atoms with Crippen LogP contribution in [0.3, 0.4) is 0 Å². The van der Waals surface area contributed by atoms with Gasteiger partial charge in [0.15, 0.2) is 46.0 Å². The lowest BCUT2D eigenvalue weighted by atomic mass is 9.80. The number of rotatable bonds is 26. The quantitative estimate of drug-likeness (QED) is 0.0347. The third kappa shape index (κ3) is 14.7. The normalized spacial score (nSPS) is 12.5. The molecule has 4 atom stereocenters. The number of carbonyl (C=O) groups is 4. The molecule has 4 rings (SSSR count). The van der Waals surface area contributed by atoms with E-state index in [9.17, 15) is 60.0 Å². The van der Waals surface area contributed by atoms with E-state index in [0.717, 1.165) is 0 Å². The van der Waals surface area contributed by atoms with E-state index < -0.39 is 47.5 Å². The molecule has 0 radical (unpaired) electrons. The van der Waals surface area contributed by atoms with E-state index in [1.807, 2.05) is 0 Å². The Labute approximate surface area is 392 Å². The minimum absolute atomic E-state index is 0.00675. The van der Waals surface area contributed by atoms with Crippen molar-refractivity contribution in [1.29, 1.82) is 0 Å². The molecular formula is C48H60O20. The number of aliphatic carboxylic acids is 4. The summed E-state index contributed by atoms with van der Waals surface area (Å²) < 4.78 is 41.5. The number of phenols is 4. The van der Waals surface area contributed by atoms with Crippen molar-refractivity contribution in [2.24, 2.45) is 23.7 Å². The molecule has 0 aromatic heterocycles. The molecule has 20 heteroatoms. The Morgan fingerprint density at radius 3 is 0.809 bits per heavy atom. The number of phenolic OH excluding ortho intramolecular Hbond substituents is 4. The predicted octanol–water partition coefficient (Wildman–Crippen LogP) is 6.20. The second kappa shape index (κ2) is 25.9. The SMILES string of the molecule is COc1cc(C[C@@H](CCC(=O)O)[C@@H](Cc2cc(O)c(OC)c(OC)c2)C(=O)O)cc(O)c1OC.COc1cc(C[C@H](CCC(=O)O)[C@H](Cc2cc(O)c(OC)c(OC)c2)C(=O)O)cc(O)c1OC. The molecule has 0 amide bonds. The number of carboxylic acid groups (broad SMARTS) is 4. The van der Waals surface area contributed by atoms with Crippen molar-refractivity contribution in [1.82, 2.24) is 0 Å². The minimum atomic E-state index is -1.12. The number of aromatic hydroxyl groups is 4. The van der Waals surface area contributed by atoms with Crippen LogP contribution in [0.5, 0.6) is 69.0 Å². The fourth-order valence-electron chi connectivity index (χ4n) is 8.00. The first-order valence-electron chi connectivity index (χ1n) is 20.9. The maximum atomic E-state index is 12.3. The summed E-state index contributed by atoms with van der Waals surface area (Å²) in [7, 11) is 11.1. The average Bonchev–Trinajstić information content (AvgIpc) is 3.29. The first-order chi connectivity index (χ1) is 32.3. The Morgan fingerprint density at radius 1 is 0.382 bits per heavy atom. The van der Waals surface area contributed by atoms with Gasteiger partial charge in [0.05, 0.1) is 68.7 Å². The van der Waals surface area contributed by atoms with Crippen molar-refractivity contribution < 1.29 is 97.9 Å². The molecular weight excluding hydrogens is 897 g/mol. The Morgan fingerprint density at radius 2 is 0.618 bits per heavy atom. The summed E-state index contributed by atoms with van der Waals surface area (Å²) in [5.41, 5.74) is 2.09. The van der Waals surface area contributed by atoms with Crippen LogP contribution in [0.2, 0.25) is 0 Å². The van der Waals surface area contributed by atoms with Gasteiger partial charge in [0.25, 0.3) is 0 Å². The van der Waals surface area contributed by atoms with Gasteiger partial charge >= 0.3 is 23.9 Å². The molecule has 0 saturated carbocycles. The molecule has 372 valence electrons. The molecule has 0 heterocycles. The van der Waals surface area contributed by atoms with E-state index in [4.69, 9.17) is 37.9 Å². The van der Waals surface area contributed by atoms with E-state index in [-0.39, 0.29) is 120 Å². The van der Waals surface area contributed by atoms with Crippen molar-refractivity contribution in [2.45, 2.75) is 51.4 Å². The zero-order valence-electron chi connectivity index (χ0n) is 39.1. The summed E-state index contributed by atoms with van der Waals surface area (Å²) in [4.78, 5) is 47.1. The van der Waals surface area contributed by atoms with E-state index in [0.29, 0.717) is 22.3 Å². The topological polar surface area (TPSA) is 304 Å². The Balaban J connectivity index is 0.000000360. The zero-order chi connectivity index (χ0) is 50.8. The van der Waals surface area contributed by atoms with E-state index in [1.54, 1.807) is 24.3 Å². The van der Waals surface area contributed by atoms with Gasteiger partial charge in [-0.2, -0.15) is 0 Å². The number of benzene rings is 4. The molecule has 20 nitrogen and oxygen atoms in total. The molecule has 0 unspecified atom stereocenters. The third-order valence-corrected chi connectivity index (χ3v) is 11.2. The standard InChI is InChI=1S/2C24H30O10/c2*1-31-19-11-13(9-17(25)22(19)33-3)7-15(5-6-21(27)28)16(24(29)30)8-14-10-18(26)23(34-4)20(12-14)32-2/h2*9-12,15-16,25-26H,5-8H2,1-4H3,(H,27,28)(H,29,30)/t2*15-,16-/m10/s1. The van der Waals surface area contributed by atoms with Crippen LogP contribution >= 0.6 is 0 Å². The van der Waals surface area contributed by atoms with Crippen molar-refractivity contribution in [3.63, 3.8) is 0 Å². The second-order valence-electron chi connectivity index (χ2n) is 15.5. The lowest BCUT2D eigenvalue weighted by Gasteiger charge is -2.25. The van der Waals surface area contributed by atoms with E-state index in [1.165, 1.54) is 81.1 Å². The fourth-order valence-corrected chi connectivity index (χ4v) is 8.00. The highest BCUT2D eigenvalue weighted by molar-refractivity contribution is 5.73. The van der Waals surface area contributed by atoms with Gasteiger partial charge in [0.2, 0.25) is 23.0 Å². The van der Waals surface area contributed by atoms with E-state index in [2.05, 4.69) is 0 Å². The first kappa shape index (κ1) is 54.7. The molecule has 68 heavy (non-hydrogen) atoms. The van der Waals surface area contributed by atoms with Gasteiger partial charge in [-0.15, -0.1) is 0 Å². The minimum Gasteiger partial charge on any atom is -0.504 e. The van der Waals surface area contributed by atoms with Gasteiger partial charge in [-0.3, -0.25) is 19.2 Å². The van der Waals surface area contributed by atoms with Crippen LogP contribution in [-0.2, 0) is 44.9 Å². The first-order valence-corrected chi connectivity index (χ1v) is 20.9. The van der Waals surface area contributed by atoms with Crippen molar-refractivity contribution >= 4 is 23.9 Å². The van der Waals surface area contributed by atoms with Gasteiger partial charge in [0, 0.05) is 12.8 Å². The summed E-state index contributed by atoms with van der Waals surface area (Å²) in [6.07, 6.45) is 0.0473. The Bertz CT molecular complexity index is 2200. The molecule has 0 aliphatic carbocycles. The number of methoxy groups -OCH3 is 8. The lowest BCUT2D eigenvalue weighted by Crippen LogP contribution is -2.28. The number of hydrogen-bond donors (Lipinski definition) is 8. The highest BCUT2D eigenvalue weighted by atomic mass is 16.5. The summed E-state index contributed by atoms with van der Waals surface area (Å²) in [6, 6.07) is 12.1. The van der Waals surface area contributed by atoms with Crippen LogP contribution in [0.25, 0.3) is 0 Å². The lowest BCUT2D eigenvalue weighted by molar-refractivity contribution is -0.145. The Hall–Kier alpha value is -7.64. The molecule has 0 aliphatic rings. The molecule has 0 bridgehead atoms. The molecule has 4 aromatic rings. The maximum absolute atomic E-state index is 12.3. The number of carboxylic acids is 4. The molecule has 8 N–H and O–H groups in total. The highest BCUT2D eigenvalue weighted by Crippen LogP contribution is 2.43. The zero-order valence-corrected chi connectivity index (χ0v) is 39.1.